The molecule has 0 unspecified atom stereocenters. The number of thioether (sulfide) groups is 1. The zero-order chi connectivity index (χ0) is 22.7. The molecule has 1 N–H and O–H groups in total. The van der Waals surface area contributed by atoms with E-state index >= 15 is 0 Å². The highest BCUT2D eigenvalue weighted by Gasteiger charge is 2.28. The maximum absolute atomic E-state index is 13.4. The van der Waals surface area contributed by atoms with Crippen molar-refractivity contribution in [3.63, 3.8) is 0 Å². The van der Waals surface area contributed by atoms with Crippen LogP contribution in [0.5, 0.6) is 5.75 Å². The lowest BCUT2D eigenvalue weighted by atomic mass is 9.78. The summed E-state index contributed by atoms with van der Waals surface area (Å²) in [6.45, 7) is 4.47. The van der Waals surface area contributed by atoms with E-state index in [1.807, 2.05) is 42.5 Å². The number of ether oxygens (including phenoxy) is 1. The van der Waals surface area contributed by atoms with Crippen LogP contribution in [0.4, 0.5) is 0 Å². The van der Waals surface area contributed by atoms with E-state index in [9.17, 15) is 9.59 Å². The molecule has 0 bridgehead atoms. The van der Waals surface area contributed by atoms with Crippen molar-refractivity contribution in [2.24, 2.45) is 11.8 Å². The van der Waals surface area contributed by atoms with Crippen molar-refractivity contribution in [2.75, 3.05) is 12.9 Å². The van der Waals surface area contributed by atoms with Crippen molar-refractivity contribution in [2.45, 2.75) is 44.3 Å². The van der Waals surface area contributed by atoms with Crippen molar-refractivity contribution >= 4 is 28.6 Å². The molecule has 1 heterocycles. The van der Waals surface area contributed by atoms with Crippen molar-refractivity contribution < 1.29 is 9.53 Å². The molecule has 3 atom stereocenters. The van der Waals surface area contributed by atoms with Crippen molar-refractivity contribution in [1.82, 2.24) is 14.9 Å². The van der Waals surface area contributed by atoms with Crippen molar-refractivity contribution in [3.8, 4) is 11.4 Å². The van der Waals surface area contributed by atoms with Gasteiger partial charge in [0.2, 0.25) is 5.91 Å². The largest absolute Gasteiger partial charge is 0.495 e. The van der Waals surface area contributed by atoms with Crippen LogP contribution >= 0.6 is 11.8 Å². The number of aromatic nitrogens is 2. The first kappa shape index (κ1) is 22.4. The number of para-hydroxylation sites is 3. The fourth-order valence-electron chi connectivity index (χ4n) is 4.40. The topological polar surface area (TPSA) is 73.2 Å². The molecule has 0 aliphatic heterocycles. The lowest BCUT2D eigenvalue weighted by molar-refractivity contribution is -0.120. The summed E-state index contributed by atoms with van der Waals surface area (Å²) < 4.78 is 7.04. The fourth-order valence-corrected chi connectivity index (χ4v) is 5.22. The van der Waals surface area contributed by atoms with E-state index in [2.05, 4.69) is 19.2 Å². The van der Waals surface area contributed by atoms with Gasteiger partial charge in [-0.1, -0.05) is 62.7 Å². The average Bonchev–Trinajstić information content (AvgIpc) is 2.81. The first-order valence-electron chi connectivity index (χ1n) is 11.1. The minimum Gasteiger partial charge on any atom is -0.495 e. The van der Waals surface area contributed by atoms with Crippen LogP contribution in [0.3, 0.4) is 0 Å². The average molecular weight is 452 g/mol. The smallest absolute Gasteiger partial charge is 0.266 e. The van der Waals surface area contributed by atoms with Gasteiger partial charge in [-0.15, -0.1) is 0 Å². The fraction of sp³-hybridized carbons (Fsp3) is 0.400. The Hall–Kier alpha value is -2.80. The molecular formula is C25H29N3O3S. The van der Waals surface area contributed by atoms with Gasteiger partial charge in [-0.2, -0.15) is 0 Å². The number of amides is 1. The normalized spacial score (nSPS) is 20.8. The maximum Gasteiger partial charge on any atom is 0.266 e. The summed E-state index contributed by atoms with van der Waals surface area (Å²) in [4.78, 5) is 30.9. The highest BCUT2D eigenvalue weighted by molar-refractivity contribution is 7.99. The van der Waals surface area contributed by atoms with Gasteiger partial charge < -0.3 is 10.1 Å². The SMILES string of the molecule is COc1ccccc1-n1c(SCC(=O)N[C@H]2CCC[C@@H](C)[C@H]2C)nc2ccccc2c1=O. The van der Waals surface area contributed by atoms with Gasteiger partial charge in [-0.3, -0.25) is 14.2 Å². The predicted octanol–water partition coefficient (Wildman–Crippen LogP) is 4.43. The Morgan fingerprint density at radius 3 is 2.72 bits per heavy atom. The molecule has 1 amide bonds. The first-order chi connectivity index (χ1) is 15.5. The van der Waals surface area contributed by atoms with E-state index in [4.69, 9.17) is 9.72 Å². The minimum atomic E-state index is -0.183. The second-order valence-electron chi connectivity index (χ2n) is 8.45. The number of carbonyl (C=O) groups excluding carboxylic acids is 1. The van der Waals surface area contributed by atoms with Gasteiger partial charge in [-0.25, -0.2) is 4.98 Å². The molecule has 4 rings (SSSR count). The van der Waals surface area contributed by atoms with E-state index < -0.39 is 0 Å². The van der Waals surface area contributed by atoms with E-state index in [-0.39, 0.29) is 23.3 Å². The molecule has 1 aliphatic rings. The molecule has 168 valence electrons. The molecule has 7 heteroatoms. The van der Waals surface area contributed by atoms with Gasteiger partial charge in [0.15, 0.2) is 5.16 Å². The summed E-state index contributed by atoms with van der Waals surface area (Å²) in [6.07, 6.45) is 3.37. The minimum absolute atomic E-state index is 0.0325. The van der Waals surface area contributed by atoms with Gasteiger partial charge in [0.05, 0.1) is 29.5 Å². The van der Waals surface area contributed by atoms with Gasteiger partial charge >= 0.3 is 0 Å². The molecule has 2 aromatic carbocycles. The molecule has 3 aromatic rings. The second kappa shape index (κ2) is 9.77. The summed E-state index contributed by atoms with van der Waals surface area (Å²) in [5, 5.41) is 4.20. The number of benzene rings is 2. The van der Waals surface area contributed by atoms with Crippen molar-refractivity contribution in [1.29, 1.82) is 0 Å². The third kappa shape index (κ3) is 4.53. The van der Waals surface area contributed by atoms with Crippen LogP contribution in [0.1, 0.15) is 33.1 Å². The Morgan fingerprint density at radius 1 is 1.16 bits per heavy atom. The van der Waals surface area contributed by atoms with Crippen LogP contribution in [-0.2, 0) is 4.79 Å². The number of hydrogen-bond donors (Lipinski definition) is 1. The van der Waals surface area contributed by atoms with E-state index in [0.29, 0.717) is 39.3 Å². The highest BCUT2D eigenvalue weighted by Crippen LogP contribution is 2.30. The Bertz CT molecular complexity index is 1180. The van der Waals surface area contributed by atoms with Crippen LogP contribution in [0.2, 0.25) is 0 Å². The van der Waals surface area contributed by atoms with E-state index in [0.717, 1.165) is 12.8 Å². The number of fused-ring (bicyclic) bond motifs is 1. The summed E-state index contributed by atoms with van der Waals surface area (Å²) in [6, 6.07) is 14.8. The van der Waals surface area contributed by atoms with Crippen molar-refractivity contribution in [3.05, 3.63) is 58.9 Å². The van der Waals surface area contributed by atoms with Gasteiger partial charge in [0.25, 0.3) is 5.56 Å². The zero-order valence-electron chi connectivity index (χ0n) is 18.7. The molecular weight excluding hydrogens is 422 g/mol. The number of methoxy groups -OCH3 is 1. The molecule has 0 saturated heterocycles. The third-order valence-electron chi connectivity index (χ3n) is 6.46. The molecule has 6 nitrogen and oxygen atoms in total. The van der Waals surface area contributed by atoms with Crippen LogP contribution < -0.4 is 15.6 Å². The Labute approximate surface area is 192 Å². The quantitative estimate of drug-likeness (QED) is 0.443. The molecule has 0 spiro atoms. The molecule has 1 saturated carbocycles. The van der Waals surface area contributed by atoms with E-state index in [1.165, 1.54) is 18.2 Å². The monoisotopic (exact) mass is 451 g/mol. The van der Waals surface area contributed by atoms with Gasteiger partial charge in [0, 0.05) is 6.04 Å². The van der Waals surface area contributed by atoms with Crippen LogP contribution in [0, 0.1) is 11.8 Å². The summed E-state index contributed by atoms with van der Waals surface area (Å²) in [5.74, 6) is 1.80. The lowest BCUT2D eigenvalue weighted by Gasteiger charge is -2.34. The van der Waals surface area contributed by atoms with Gasteiger partial charge in [0.1, 0.15) is 5.75 Å². The number of carbonyl (C=O) groups is 1. The number of nitrogens with zero attached hydrogens (tertiary/aromatic N) is 2. The zero-order valence-corrected chi connectivity index (χ0v) is 19.5. The number of nitrogens with one attached hydrogen (secondary N) is 1. The maximum atomic E-state index is 13.4. The standard InChI is InChI=1S/C25H29N3O3S/c1-16-9-8-12-19(17(16)2)26-23(29)15-32-25-27-20-11-5-4-10-18(20)24(30)28(25)21-13-6-7-14-22(21)31-3/h4-7,10-11,13-14,16-17,19H,8-9,12,15H2,1-3H3,(H,26,29)/t16-,17-,19+/m1/s1. The molecule has 32 heavy (non-hydrogen) atoms. The molecule has 1 aliphatic carbocycles. The highest BCUT2D eigenvalue weighted by atomic mass is 32.2. The Kier molecular flexibility index (Phi) is 6.84. The van der Waals surface area contributed by atoms with Gasteiger partial charge in [-0.05, 0) is 42.5 Å². The predicted molar refractivity (Wildman–Crippen MR) is 129 cm³/mol. The summed E-state index contributed by atoms with van der Waals surface area (Å²) in [7, 11) is 1.57. The lowest BCUT2D eigenvalue weighted by Crippen LogP contribution is -2.44. The Balaban J connectivity index is 1.64. The molecule has 1 aromatic heterocycles. The Morgan fingerprint density at radius 2 is 1.91 bits per heavy atom. The first-order valence-corrected chi connectivity index (χ1v) is 12.1. The molecule has 1 fully saturated rings. The number of rotatable bonds is 6. The van der Waals surface area contributed by atoms with Crippen LogP contribution in [-0.4, -0.2) is 34.4 Å². The third-order valence-corrected chi connectivity index (χ3v) is 7.40. The summed E-state index contributed by atoms with van der Waals surface area (Å²) in [5.41, 5.74) is 1.04. The second-order valence-corrected chi connectivity index (χ2v) is 9.40. The van der Waals surface area contributed by atoms with E-state index in [1.54, 1.807) is 17.7 Å². The van der Waals surface area contributed by atoms with Crippen LogP contribution in [0.15, 0.2) is 58.5 Å². The number of hydrogen-bond acceptors (Lipinski definition) is 5. The van der Waals surface area contributed by atoms with Crippen LogP contribution in [0.25, 0.3) is 16.6 Å². The summed E-state index contributed by atoms with van der Waals surface area (Å²) >= 11 is 1.27. The molecule has 0 radical (unpaired) electrons.